The van der Waals surface area contributed by atoms with Gasteiger partial charge in [-0.2, -0.15) is 0 Å². The molecule has 1 aliphatic heterocycles. The number of hydrogen-bond acceptors (Lipinski definition) is 5. The third-order valence-electron chi connectivity index (χ3n) is 5.35. The first-order chi connectivity index (χ1) is 14.6. The van der Waals surface area contributed by atoms with E-state index in [1.165, 1.54) is 0 Å². The van der Waals surface area contributed by atoms with E-state index in [2.05, 4.69) is 27.0 Å². The second-order valence-electron chi connectivity index (χ2n) is 7.38. The topological polar surface area (TPSA) is 75.4 Å². The maximum atomic E-state index is 12.8. The standard InChI is InChI=1S/C23H24ClN5O.2ClH/c24-19-8-6-17(7-9-19)14-21(25)23(30)29-12-10-28(11-13-29)22-20(15-26-16-27-22)18-4-2-1-3-5-18;;/h1-9,15-16,21H,10-14,25H2;2*1H. The van der Waals surface area contributed by atoms with Gasteiger partial charge in [0.05, 0.1) is 6.04 Å². The van der Waals surface area contributed by atoms with Gasteiger partial charge in [-0.25, -0.2) is 9.97 Å². The summed E-state index contributed by atoms with van der Waals surface area (Å²) >= 11 is 5.93. The Hall–Kier alpha value is -2.38. The number of nitrogens with zero attached hydrogens (tertiary/aromatic N) is 4. The lowest BCUT2D eigenvalue weighted by atomic mass is 10.0. The van der Waals surface area contributed by atoms with Gasteiger partial charge in [-0.05, 0) is 29.7 Å². The van der Waals surface area contributed by atoms with Crippen LogP contribution in [-0.4, -0.2) is 53.0 Å². The minimum Gasteiger partial charge on any atom is -0.352 e. The normalized spacial score (nSPS) is 14.2. The summed E-state index contributed by atoms with van der Waals surface area (Å²) in [5, 5.41) is 0.675. The molecule has 6 nitrogen and oxygen atoms in total. The zero-order valence-electron chi connectivity index (χ0n) is 17.4. The minimum atomic E-state index is -0.559. The van der Waals surface area contributed by atoms with Gasteiger partial charge in [-0.3, -0.25) is 4.79 Å². The van der Waals surface area contributed by atoms with E-state index in [-0.39, 0.29) is 30.7 Å². The number of rotatable bonds is 5. The van der Waals surface area contributed by atoms with Crippen LogP contribution in [0.4, 0.5) is 5.82 Å². The van der Waals surface area contributed by atoms with Crippen LogP contribution >= 0.6 is 36.4 Å². The third-order valence-corrected chi connectivity index (χ3v) is 5.60. The molecule has 0 aliphatic carbocycles. The van der Waals surface area contributed by atoms with Crippen LogP contribution in [0.2, 0.25) is 5.02 Å². The van der Waals surface area contributed by atoms with Crippen molar-refractivity contribution in [1.82, 2.24) is 14.9 Å². The Morgan fingerprint density at radius 3 is 2.31 bits per heavy atom. The highest BCUT2D eigenvalue weighted by molar-refractivity contribution is 6.30. The van der Waals surface area contributed by atoms with Gasteiger partial charge in [0, 0.05) is 43.0 Å². The first kappa shape index (κ1) is 25.9. The number of nitrogens with two attached hydrogens (primary N) is 1. The van der Waals surface area contributed by atoms with Crippen LogP contribution in [0.5, 0.6) is 0 Å². The van der Waals surface area contributed by atoms with Crippen LogP contribution in [0.25, 0.3) is 11.1 Å². The quantitative estimate of drug-likeness (QED) is 0.583. The molecule has 1 aliphatic rings. The average molecular weight is 495 g/mol. The molecule has 1 saturated heterocycles. The van der Waals surface area contributed by atoms with Crippen molar-refractivity contribution in [3.05, 3.63) is 77.7 Å². The van der Waals surface area contributed by atoms with Gasteiger partial charge in [0.15, 0.2) is 0 Å². The molecule has 1 amide bonds. The van der Waals surface area contributed by atoms with E-state index in [0.717, 1.165) is 22.5 Å². The van der Waals surface area contributed by atoms with Gasteiger partial charge in [0.1, 0.15) is 12.1 Å². The predicted molar refractivity (Wildman–Crippen MR) is 134 cm³/mol. The maximum Gasteiger partial charge on any atom is 0.239 e. The molecule has 170 valence electrons. The summed E-state index contributed by atoms with van der Waals surface area (Å²) in [6.45, 7) is 2.64. The smallest absolute Gasteiger partial charge is 0.239 e. The highest BCUT2D eigenvalue weighted by Gasteiger charge is 2.27. The van der Waals surface area contributed by atoms with E-state index in [9.17, 15) is 4.79 Å². The maximum absolute atomic E-state index is 12.8. The van der Waals surface area contributed by atoms with E-state index in [1.807, 2.05) is 53.6 Å². The van der Waals surface area contributed by atoms with Gasteiger partial charge in [0.2, 0.25) is 5.91 Å². The van der Waals surface area contributed by atoms with Crippen molar-refractivity contribution in [1.29, 1.82) is 0 Å². The molecular formula is C23H26Cl3N5O. The molecule has 1 fully saturated rings. The molecule has 0 bridgehead atoms. The Morgan fingerprint density at radius 1 is 1.00 bits per heavy atom. The summed E-state index contributed by atoms with van der Waals surface area (Å²) < 4.78 is 0. The summed E-state index contributed by atoms with van der Waals surface area (Å²) in [6, 6.07) is 17.0. The summed E-state index contributed by atoms with van der Waals surface area (Å²) in [6.07, 6.45) is 3.92. The second-order valence-corrected chi connectivity index (χ2v) is 7.81. The fraction of sp³-hybridized carbons (Fsp3) is 0.261. The lowest BCUT2D eigenvalue weighted by molar-refractivity contribution is -0.132. The van der Waals surface area contributed by atoms with Crippen LogP contribution in [0.15, 0.2) is 67.1 Å². The molecule has 32 heavy (non-hydrogen) atoms. The Morgan fingerprint density at radius 2 is 1.66 bits per heavy atom. The molecule has 1 atom stereocenters. The largest absolute Gasteiger partial charge is 0.352 e. The van der Waals surface area contributed by atoms with E-state index < -0.39 is 6.04 Å². The number of benzene rings is 2. The minimum absolute atomic E-state index is 0. The lowest BCUT2D eigenvalue weighted by Crippen LogP contribution is -2.54. The summed E-state index contributed by atoms with van der Waals surface area (Å²) in [4.78, 5) is 25.6. The van der Waals surface area contributed by atoms with Crippen LogP contribution in [-0.2, 0) is 11.2 Å². The van der Waals surface area contributed by atoms with Gasteiger partial charge >= 0.3 is 0 Å². The molecule has 2 heterocycles. The lowest BCUT2D eigenvalue weighted by Gasteiger charge is -2.37. The number of carbonyl (C=O) groups is 1. The molecular weight excluding hydrogens is 469 g/mol. The van der Waals surface area contributed by atoms with Crippen molar-refractivity contribution in [2.45, 2.75) is 12.5 Å². The fourth-order valence-electron chi connectivity index (χ4n) is 3.73. The van der Waals surface area contributed by atoms with Crippen LogP contribution in [0, 0.1) is 0 Å². The van der Waals surface area contributed by atoms with Crippen LogP contribution < -0.4 is 10.6 Å². The SMILES string of the molecule is Cl.Cl.NC(Cc1ccc(Cl)cc1)C(=O)N1CCN(c2ncncc2-c2ccccc2)CC1. The average Bonchev–Trinajstić information content (AvgIpc) is 2.81. The highest BCUT2D eigenvalue weighted by atomic mass is 35.5. The van der Waals surface area contributed by atoms with E-state index in [0.29, 0.717) is 37.6 Å². The Balaban J connectivity index is 0.00000181. The molecule has 1 aromatic heterocycles. The van der Waals surface area contributed by atoms with Crippen molar-refractivity contribution in [3.8, 4) is 11.1 Å². The molecule has 0 radical (unpaired) electrons. The number of halogens is 3. The fourth-order valence-corrected chi connectivity index (χ4v) is 3.86. The van der Waals surface area contributed by atoms with Gasteiger partial charge in [-0.15, -0.1) is 24.8 Å². The number of hydrogen-bond donors (Lipinski definition) is 1. The molecule has 2 N–H and O–H groups in total. The Bertz CT molecular complexity index is 996. The Labute approximate surface area is 205 Å². The molecule has 4 rings (SSSR count). The predicted octanol–water partition coefficient (Wildman–Crippen LogP) is 3.86. The molecule has 1 unspecified atom stereocenters. The van der Waals surface area contributed by atoms with Gasteiger partial charge in [0.25, 0.3) is 0 Å². The van der Waals surface area contributed by atoms with E-state index in [4.69, 9.17) is 17.3 Å². The zero-order chi connectivity index (χ0) is 20.9. The van der Waals surface area contributed by atoms with Crippen molar-refractivity contribution >= 4 is 48.1 Å². The van der Waals surface area contributed by atoms with Crippen molar-refractivity contribution in [2.75, 3.05) is 31.1 Å². The molecule has 2 aromatic carbocycles. The van der Waals surface area contributed by atoms with Crippen molar-refractivity contribution in [3.63, 3.8) is 0 Å². The molecule has 3 aromatic rings. The van der Waals surface area contributed by atoms with Crippen LogP contribution in [0.3, 0.4) is 0 Å². The van der Waals surface area contributed by atoms with Crippen molar-refractivity contribution in [2.24, 2.45) is 5.73 Å². The molecule has 0 saturated carbocycles. The van der Waals surface area contributed by atoms with Crippen molar-refractivity contribution < 1.29 is 4.79 Å². The summed E-state index contributed by atoms with van der Waals surface area (Å²) in [5.41, 5.74) is 9.29. The van der Waals surface area contributed by atoms with Gasteiger partial charge < -0.3 is 15.5 Å². The first-order valence-corrected chi connectivity index (χ1v) is 10.4. The summed E-state index contributed by atoms with van der Waals surface area (Å²) in [7, 11) is 0. The summed E-state index contributed by atoms with van der Waals surface area (Å²) in [5.74, 6) is 0.879. The number of carbonyl (C=O) groups excluding carboxylic acids is 1. The molecule has 9 heteroatoms. The number of anilines is 1. The second kappa shape index (κ2) is 12.0. The molecule has 0 spiro atoms. The Kier molecular flexibility index (Phi) is 9.72. The monoisotopic (exact) mass is 493 g/mol. The van der Waals surface area contributed by atoms with Gasteiger partial charge in [-0.1, -0.05) is 54.1 Å². The van der Waals surface area contributed by atoms with Crippen LogP contribution in [0.1, 0.15) is 5.56 Å². The number of aromatic nitrogens is 2. The number of amides is 1. The zero-order valence-corrected chi connectivity index (χ0v) is 19.8. The van der Waals surface area contributed by atoms with E-state index >= 15 is 0 Å². The number of piperazine rings is 1. The first-order valence-electron chi connectivity index (χ1n) is 10.0. The highest BCUT2D eigenvalue weighted by Crippen LogP contribution is 2.28. The van der Waals surface area contributed by atoms with E-state index in [1.54, 1.807) is 6.33 Å². The third kappa shape index (κ3) is 6.11.